The van der Waals surface area contributed by atoms with Gasteiger partial charge in [-0.3, -0.25) is 9.69 Å². The van der Waals surface area contributed by atoms with E-state index in [1.54, 1.807) is 0 Å². The molecule has 1 fully saturated rings. The lowest BCUT2D eigenvalue weighted by molar-refractivity contribution is -0.121. The minimum atomic E-state index is -0.0458. The van der Waals surface area contributed by atoms with Crippen LogP contribution in [0.25, 0.3) is 0 Å². The predicted octanol–water partition coefficient (Wildman–Crippen LogP) is 3.62. The lowest BCUT2D eigenvalue weighted by Gasteiger charge is -2.31. The first-order chi connectivity index (χ1) is 9.59. The molecule has 1 aromatic rings. The zero-order valence-electron chi connectivity index (χ0n) is 12.9. The molecular weight excluding hydrogens is 248 g/mol. The number of anilines is 1. The van der Waals surface area contributed by atoms with Gasteiger partial charge in [0.25, 0.3) is 0 Å². The first-order valence-electron chi connectivity index (χ1n) is 7.73. The Morgan fingerprint density at radius 2 is 1.75 bits per heavy atom. The van der Waals surface area contributed by atoms with Crippen molar-refractivity contribution in [3.05, 3.63) is 29.8 Å². The van der Waals surface area contributed by atoms with Crippen LogP contribution in [0.5, 0.6) is 0 Å². The zero-order valence-corrected chi connectivity index (χ0v) is 12.9. The molecule has 1 aliphatic rings. The molecule has 1 N–H and O–H groups in total. The molecule has 0 aliphatic carbocycles. The second kappa shape index (κ2) is 6.89. The third-order valence-corrected chi connectivity index (χ3v) is 4.16. The van der Waals surface area contributed by atoms with Gasteiger partial charge in [0.2, 0.25) is 5.91 Å². The van der Waals surface area contributed by atoms with Crippen molar-refractivity contribution in [2.45, 2.75) is 52.0 Å². The minimum absolute atomic E-state index is 0.0458. The van der Waals surface area contributed by atoms with Crippen molar-refractivity contribution in [3.8, 4) is 0 Å². The lowest BCUT2D eigenvalue weighted by atomic mass is 10.0. The maximum absolute atomic E-state index is 12.4. The van der Waals surface area contributed by atoms with E-state index < -0.39 is 0 Å². The number of carbonyl (C=O) groups is 1. The van der Waals surface area contributed by atoms with Crippen LogP contribution in [0.15, 0.2) is 24.3 Å². The van der Waals surface area contributed by atoms with E-state index in [0.29, 0.717) is 5.92 Å². The Balaban J connectivity index is 2.03. The molecule has 1 saturated heterocycles. The summed E-state index contributed by atoms with van der Waals surface area (Å²) in [4.78, 5) is 14.7. The van der Waals surface area contributed by atoms with Crippen LogP contribution < -0.4 is 5.32 Å². The van der Waals surface area contributed by atoms with Gasteiger partial charge in [-0.15, -0.1) is 0 Å². The maximum atomic E-state index is 12.4. The molecule has 20 heavy (non-hydrogen) atoms. The van der Waals surface area contributed by atoms with Crippen LogP contribution >= 0.6 is 0 Å². The topological polar surface area (TPSA) is 32.3 Å². The van der Waals surface area contributed by atoms with Crippen molar-refractivity contribution < 1.29 is 4.79 Å². The molecule has 0 radical (unpaired) electrons. The lowest BCUT2D eigenvalue weighted by Crippen LogP contribution is -2.44. The van der Waals surface area contributed by atoms with Crippen molar-refractivity contribution in [1.29, 1.82) is 0 Å². The van der Waals surface area contributed by atoms with E-state index in [4.69, 9.17) is 0 Å². The first kappa shape index (κ1) is 15.0. The van der Waals surface area contributed by atoms with Gasteiger partial charge in [-0.2, -0.15) is 0 Å². The second-order valence-electron chi connectivity index (χ2n) is 6.00. The Hall–Kier alpha value is -1.35. The number of benzene rings is 1. The first-order valence-corrected chi connectivity index (χ1v) is 7.73. The van der Waals surface area contributed by atoms with E-state index in [1.165, 1.54) is 24.8 Å². The van der Waals surface area contributed by atoms with Gasteiger partial charge < -0.3 is 5.32 Å². The molecule has 0 saturated carbocycles. The van der Waals surface area contributed by atoms with Crippen LogP contribution in [0, 0.1) is 0 Å². The average Bonchev–Trinajstić information content (AvgIpc) is 2.47. The van der Waals surface area contributed by atoms with Crippen LogP contribution in [0.1, 0.15) is 51.5 Å². The van der Waals surface area contributed by atoms with Crippen molar-refractivity contribution >= 4 is 11.6 Å². The van der Waals surface area contributed by atoms with E-state index in [0.717, 1.165) is 18.8 Å². The van der Waals surface area contributed by atoms with Crippen LogP contribution in [0.2, 0.25) is 0 Å². The molecule has 3 nitrogen and oxygen atoms in total. The summed E-state index contributed by atoms with van der Waals surface area (Å²) < 4.78 is 0. The van der Waals surface area contributed by atoms with E-state index in [-0.39, 0.29) is 11.9 Å². The maximum Gasteiger partial charge on any atom is 0.241 e. The molecule has 1 amide bonds. The molecule has 110 valence electrons. The summed E-state index contributed by atoms with van der Waals surface area (Å²) in [7, 11) is 0. The average molecular weight is 274 g/mol. The number of hydrogen-bond donors (Lipinski definition) is 1. The highest BCUT2D eigenvalue weighted by molar-refractivity contribution is 5.95. The van der Waals surface area contributed by atoms with Gasteiger partial charge in [0, 0.05) is 5.69 Å². The Morgan fingerprint density at radius 3 is 2.40 bits per heavy atom. The highest BCUT2D eigenvalue weighted by Crippen LogP contribution is 2.24. The highest BCUT2D eigenvalue weighted by atomic mass is 16.2. The summed E-state index contributed by atoms with van der Waals surface area (Å²) >= 11 is 0. The van der Waals surface area contributed by atoms with Gasteiger partial charge in [-0.1, -0.05) is 38.5 Å². The van der Waals surface area contributed by atoms with Gasteiger partial charge in [0.1, 0.15) is 0 Å². The van der Waals surface area contributed by atoms with E-state index in [9.17, 15) is 4.79 Å². The third-order valence-electron chi connectivity index (χ3n) is 4.16. The minimum Gasteiger partial charge on any atom is -0.324 e. The number of likely N-dealkylation sites (tertiary alicyclic amines) is 1. The smallest absolute Gasteiger partial charge is 0.241 e. The summed E-state index contributed by atoms with van der Waals surface area (Å²) in [5.41, 5.74) is 2.16. The largest absolute Gasteiger partial charge is 0.324 e. The van der Waals surface area contributed by atoms with Gasteiger partial charge >= 0.3 is 0 Å². The number of rotatable bonds is 4. The summed E-state index contributed by atoms with van der Waals surface area (Å²) in [6.45, 7) is 8.40. The number of piperidine rings is 1. The molecule has 0 bridgehead atoms. The Bertz CT molecular complexity index is 450. The van der Waals surface area contributed by atoms with Crippen molar-refractivity contribution in [1.82, 2.24) is 4.90 Å². The number of nitrogens with one attached hydrogen (secondary N) is 1. The monoisotopic (exact) mass is 274 g/mol. The molecule has 1 heterocycles. The van der Waals surface area contributed by atoms with Gasteiger partial charge in [-0.05, 0) is 50.4 Å². The number of para-hydroxylation sites is 1. The quantitative estimate of drug-likeness (QED) is 0.909. The molecule has 0 aromatic heterocycles. The zero-order chi connectivity index (χ0) is 14.5. The molecule has 2 rings (SSSR count). The molecular formula is C17H26N2O. The normalized spacial score (nSPS) is 18.0. The Kier molecular flexibility index (Phi) is 5.18. The van der Waals surface area contributed by atoms with Crippen LogP contribution in [0.4, 0.5) is 5.69 Å². The van der Waals surface area contributed by atoms with Crippen LogP contribution in [-0.4, -0.2) is 29.9 Å². The summed E-state index contributed by atoms with van der Waals surface area (Å²) in [5, 5.41) is 3.11. The van der Waals surface area contributed by atoms with E-state index >= 15 is 0 Å². The van der Waals surface area contributed by atoms with Crippen molar-refractivity contribution in [2.24, 2.45) is 0 Å². The van der Waals surface area contributed by atoms with E-state index in [2.05, 4.69) is 30.1 Å². The molecule has 1 atom stereocenters. The molecule has 1 aliphatic heterocycles. The van der Waals surface area contributed by atoms with Gasteiger partial charge in [0.05, 0.1) is 6.04 Å². The second-order valence-corrected chi connectivity index (χ2v) is 6.00. The fraction of sp³-hybridized carbons (Fsp3) is 0.588. The summed E-state index contributed by atoms with van der Waals surface area (Å²) in [6, 6.07) is 8.05. The van der Waals surface area contributed by atoms with Gasteiger partial charge in [-0.25, -0.2) is 0 Å². The van der Waals surface area contributed by atoms with Crippen molar-refractivity contribution in [3.63, 3.8) is 0 Å². The fourth-order valence-electron chi connectivity index (χ4n) is 2.82. The Labute approximate surface area is 122 Å². The summed E-state index contributed by atoms with van der Waals surface area (Å²) in [5.74, 6) is 0.525. The standard InChI is InChI=1S/C17H26N2O/c1-13(2)15-9-5-6-10-16(15)18-17(20)14(3)19-11-7-4-8-12-19/h5-6,9-10,13-14H,4,7-8,11-12H2,1-3H3,(H,18,20)/t14-/m0/s1. The molecule has 0 spiro atoms. The Morgan fingerprint density at radius 1 is 1.10 bits per heavy atom. The molecule has 1 aromatic carbocycles. The number of nitrogens with zero attached hydrogens (tertiary/aromatic N) is 1. The molecule has 0 unspecified atom stereocenters. The third kappa shape index (κ3) is 3.60. The number of amides is 1. The van der Waals surface area contributed by atoms with Crippen LogP contribution in [-0.2, 0) is 4.79 Å². The van der Waals surface area contributed by atoms with Crippen molar-refractivity contribution in [2.75, 3.05) is 18.4 Å². The highest BCUT2D eigenvalue weighted by Gasteiger charge is 2.23. The van der Waals surface area contributed by atoms with Crippen LogP contribution in [0.3, 0.4) is 0 Å². The SMILES string of the molecule is CC(C)c1ccccc1NC(=O)[C@H](C)N1CCCCC1. The summed E-state index contributed by atoms with van der Waals surface area (Å²) in [6.07, 6.45) is 3.71. The predicted molar refractivity (Wildman–Crippen MR) is 84.0 cm³/mol. The number of carbonyl (C=O) groups excluding carboxylic acids is 1. The van der Waals surface area contributed by atoms with E-state index in [1.807, 2.05) is 25.1 Å². The number of hydrogen-bond acceptors (Lipinski definition) is 2. The fourth-order valence-corrected chi connectivity index (χ4v) is 2.82. The van der Waals surface area contributed by atoms with Gasteiger partial charge in [0.15, 0.2) is 0 Å². The molecule has 3 heteroatoms.